The minimum atomic E-state index is -2.30. The predicted molar refractivity (Wildman–Crippen MR) is 259 cm³/mol. The molecule has 377 valence electrons. The van der Waals surface area contributed by atoms with E-state index in [0.717, 1.165) is 0 Å². The number of Topliss-reactive ketones (excluding diaryl/α,β-unsaturated/α-hetero) is 1. The Labute approximate surface area is 458 Å². The maximum atomic E-state index is 15.9. The number of ether oxygens (including phenoxy) is 7. The smallest absolute Gasteiger partial charge is 0.338 e. The van der Waals surface area contributed by atoms with Crippen LogP contribution in [0.1, 0.15) is 91.6 Å². The number of nitrogens with zero attached hydrogens (tertiary/aromatic N) is 1. The molecule has 7 unspecified atom stereocenters. The molecule has 17 heteroatoms. The van der Waals surface area contributed by atoms with Crippen LogP contribution >= 0.6 is 11.8 Å². The Hall–Kier alpha value is -4.44. The van der Waals surface area contributed by atoms with Gasteiger partial charge in [0, 0.05) is 86.3 Å². The van der Waals surface area contributed by atoms with E-state index in [-0.39, 0.29) is 74.2 Å². The summed E-state index contributed by atoms with van der Waals surface area (Å²) in [6.07, 6.45) is -7.83. The van der Waals surface area contributed by atoms with Crippen molar-refractivity contribution in [1.82, 2.24) is 4.90 Å². The Bertz CT molecular complexity index is 2710. The predicted octanol–water partition coefficient (Wildman–Crippen LogP) is 6.97. The van der Waals surface area contributed by atoms with Gasteiger partial charge in [0.25, 0.3) is 5.91 Å². The van der Waals surface area contributed by atoms with Gasteiger partial charge in [-0.15, -0.1) is 11.8 Å². The van der Waals surface area contributed by atoms with Gasteiger partial charge in [-0.25, -0.2) is 9.59 Å². The molecule has 72 heavy (non-hydrogen) atoms. The summed E-state index contributed by atoms with van der Waals surface area (Å²) >= 11 is 1.36. The first-order chi connectivity index (χ1) is 33.9. The van der Waals surface area contributed by atoms with E-state index in [1.807, 2.05) is 12.3 Å². The molecular weight excluding hydrogens is 1160 g/mol. The average molecular weight is 1220 g/mol. The zero-order valence-corrected chi connectivity index (χ0v) is 46.8. The van der Waals surface area contributed by atoms with Crippen LogP contribution < -0.4 is 4.74 Å². The number of benzene rings is 4. The van der Waals surface area contributed by atoms with Crippen molar-refractivity contribution >= 4 is 41.4 Å². The van der Waals surface area contributed by atoms with E-state index in [2.05, 4.69) is 0 Å². The molecule has 2 saturated carbocycles. The maximum Gasteiger partial charge on any atom is 0.338 e. The molecule has 4 aromatic carbocycles. The maximum absolute atomic E-state index is 15.9. The van der Waals surface area contributed by atoms with E-state index in [9.17, 15) is 24.6 Å². The summed E-state index contributed by atoms with van der Waals surface area (Å²) in [5.74, 6) is -4.42. The van der Waals surface area contributed by atoms with Gasteiger partial charge in [-0.2, -0.15) is 0 Å². The number of carbonyl (C=O) groups excluding carboxylic acids is 5. The van der Waals surface area contributed by atoms with Crippen LogP contribution in [0.4, 0.5) is 0 Å². The van der Waals surface area contributed by atoms with Crippen LogP contribution in [0.25, 0.3) is 0 Å². The fourth-order valence-corrected chi connectivity index (χ4v) is 12.2. The van der Waals surface area contributed by atoms with Crippen molar-refractivity contribution in [2.75, 3.05) is 25.9 Å². The molecule has 2 aliphatic heterocycles. The fraction of sp³-hybridized carbons (Fsp3) is 0.436. The van der Waals surface area contributed by atoms with Gasteiger partial charge in [0.1, 0.15) is 29.2 Å². The van der Waals surface area contributed by atoms with Crippen molar-refractivity contribution in [2.24, 2.45) is 16.7 Å². The van der Waals surface area contributed by atoms with Gasteiger partial charge in [0.2, 0.25) is 0 Å². The standard InChI is InChI=1S/C55H59NO14S.Ac/c1-31-38(68-51(61)44-42(33-17-11-8-12-18-33)56(48(59)34-19-13-9-14-20-34)49(69-44)35-23-25-37(64-6)26-24-35)28-55(63)47(70-50(60)36-21-15-10-16-22-36)45-53(5,39(66-30-71-7)27-40-54(45,62)29-65-40)46(58)43(67-32(2)57)41(31)52(55,3)4;/h8-26,38-40,42-45,47,49,62-63H,27-30H2,1-7H3;/t38?,39?,40?,42-,43?,44?,45?,47-,49+,53+,54-,55?;/m0./s1. The molecule has 1 radical (unpaired) electrons. The number of aliphatic hydroxyl groups is 2. The molecule has 2 bridgehead atoms. The zero-order valence-electron chi connectivity index (χ0n) is 41.2. The first kappa shape index (κ1) is 53.8. The summed E-state index contributed by atoms with van der Waals surface area (Å²) in [5, 5.41) is 26.9. The van der Waals surface area contributed by atoms with Gasteiger partial charge in [-0.3, -0.25) is 19.3 Å². The van der Waals surface area contributed by atoms with Crippen LogP contribution in [0.2, 0.25) is 0 Å². The Morgan fingerprint density at radius 2 is 1.43 bits per heavy atom. The number of fused-ring (bicyclic) bond motifs is 5. The van der Waals surface area contributed by atoms with Crippen molar-refractivity contribution in [3.8, 4) is 5.75 Å². The monoisotopic (exact) mass is 1220 g/mol. The molecule has 4 aromatic rings. The molecular formula is C55H59AcNO14S. The minimum absolute atomic E-state index is 0. The van der Waals surface area contributed by atoms with Crippen LogP contribution in [0, 0.1) is 60.8 Å². The number of methoxy groups -OCH3 is 1. The van der Waals surface area contributed by atoms with E-state index < -0.39 is 113 Å². The fourth-order valence-electron chi connectivity index (χ4n) is 11.9. The molecule has 2 saturated heterocycles. The number of carbonyl (C=O) groups is 5. The molecule has 2 N–H and O–H groups in total. The number of hydrogen-bond acceptors (Lipinski definition) is 15. The normalized spacial score (nSPS) is 32.3. The summed E-state index contributed by atoms with van der Waals surface area (Å²) in [5.41, 5.74) is -5.56. The molecule has 12 atom stereocenters. The van der Waals surface area contributed by atoms with Gasteiger partial charge in [-0.05, 0) is 73.2 Å². The summed E-state index contributed by atoms with van der Waals surface area (Å²) < 4.78 is 43.8. The molecule has 0 spiro atoms. The van der Waals surface area contributed by atoms with E-state index in [4.69, 9.17) is 33.2 Å². The van der Waals surface area contributed by atoms with Gasteiger partial charge < -0.3 is 43.4 Å². The number of rotatable bonds is 12. The van der Waals surface area contributed by atoms with Crippen LogP contribution in [-0.4, -0.2) is 118 Å². The van der Waals surface area contributed by atoms with E-state index in [0.29, 0.717) is 28.0 Å². The van der Waals surface area contributed by atoms with Crippen molar-refractivity contribution in [1.29, 1.82) is 0 Å². The van der Waals surface area contributed by atoms with Crippen molar-refractivity contribution in [3.63, 3.8) is 0 Å². The van der Waals surface area contributed by atoms with Gasteiger partial charge in [-0.1, -0.05) is 92.7 Å². The number of esters is 3. The molecule has 9 rings (SSSR count). The molecule has 1 amide bonds. The molecule has 15 nitrogen and oxygen atoms in total. The number of ketones is 1. The first-order valence-electron chi connectivity index (χ1n) is 23.7. The third-order valence-corrected chi connectivity index (χ3v) is 16.0. The van der Waals surface area contributed by atoms with Crippen LogP contribution in [0.15, 0.2) is 126 Å². The molecule has 3 aliphatic carbocycles. The summed E-state index contributed by atoms with van der Waals surface area (Å²) in [4.78, 5) is 75.5. The zero-order chi connectivity index (χ0) is 50.6. The summed E-state index contributed by atoms with van der Waals surface area (Å²) in [6, 6.07) is 31.6. The second-order valence-corrected chi connectivity index (χ2v) is 20.6. The second kappa shape index (κ2) is 21.1. The Kier molecular flexibility index (Phi) is 15.7. The first-order valence-corrected chi connectivity index (χ1v) is 25.1. The Morgan fingerprint density at radius 3 is 2.00 bits per heavy atom. The van der Waals surface area contributed by atoms with E-state index >= 15 is 9.59 Å². The number of thioether (sulfide) groups is 1. The van der Waals surface area contributed by atoms with E-state index in [1.54, 1.807) is 137 Å². The largest absolute Gasteiger partial charge is 0.497 e. The number of amides is 1. The van der Waals surface area contributed by atoms with Crippen LogP contribution in [-0.2, 0) is 42.8 Å². The molecule has 5 aliphatic rings. The molecule has 2 heterocycles. The summed E-state index contributed by atoms with van der Waals surface area (Å²) in [6.45, 7) is 7.45. The van der Waals surface area contributed by atoms with Gasteiger partial charge in [0.05, 0.1) is 48.9 Å². The van der Waals surface area contributed by atoms with Crippen LogP contribution in [0.5, 0.6) is 5.75 Å². The van der Waals surface area contributed by atoms with Gasteiger partial charge >= 0.3 is 17.9 Å². The Morgan fingerprint density at radius 1 is 0.819 bits per heavy atom. The van der Waals surface area contributed by atoms with Crippen LogP contribution in [0.3, 0.4) is 0 Å². The topological polar surface area (TPSA) is 194 Å². The third kappa shape index (κ3) is 9.07. The third-order valence-electron chi connectivity index (χ3n) is 15.6. The number of hydrogen-bond donors (Lipinski definition) is 2. The molecule has 0 aromatic heterocycles. The quantitative estimate of drug-likeness (QED) is 0.0639. The van der Waals surface area contributed by atoms with E-state index in [1.165, 1.54) is 30.7 Å². The Balaban J connectivity index is 0.00000693. The van der Waals surface area contributed by atoms with Gasteiger partial charge in [0.15, 0.2) is 24.2 Å². The summed E-state index contributed by atoms with van der Waals surface area (Å²) in [7, 11) is 1.54. The average Bonchev–Trinajstić information content (AvgIpc) is 3.77. The minimum Gasteiger partial charge on any atom is -0.497 e. The molecule has 4 fully saturated rings. The second-order valence-electron chi connectivity index (χ2n) is 19.8. The van der Waals surface area contributed by atoms with Crippen molar-refractivity contribution in [2.45, 2.75) is 108 Å². The van der Waals surface area contributed by atoms with Crippen molar-refractivity contribution < 1.29 is 111 Å². The van der Waals surface area contributed by atoms with Crippen molar-refractivity contribution in [3.05, 3.63) is 149 Å². The SMILES string of the molecule is COc1ccc([C@H]2OC(C(=O)OC3CC4(O)[C@@H](OC(=O)c5ccccc5)C5[C@]6(O)COC6CC(OCSC)[C@@]5(C)C(=O)C(OC(C)=O)C(=C3C)C4(C)C)[C@H](c3ccccc3)N2C(=O)c2ccccc2)cc1.[Ac].